The van der Waals surface area contributed by atoms with Crippen LogP contribution in [0.1, 0.15) is 18.2 Å². The number of rotatable bonds is 3. The minimum absolute atomic E-state index is 0.101. The largest absolute Gasteiger partial charge is 0.433 e. The third-order valence-electron chi connectivity index (χ3n) is 6.43. The Morgan fingerprint density at radius 2 is 1.97 bits per heavy atom. The van der Waals surface area contributed by atoms with E-state index in [4.69, 9.17) is 4.74 Å². The molecule has 1 amide bonds. The Bertz CT molecular complexity index is 1220. The number of amides is 1. The van der Waals surface area contributed by atoms with Crippen molar-refractivity contribution in [2.75, 3.05) is 42.6 Å². The van der Waals surface area contributed by atoms with Gasteiger partial charge in [-0.25, -0.2) is 9.67 Å². The Balaban J connectivity index is 1.22. The highest BCUT2D eigenvalue weighted by Crippen LogP contribution is 2.44. The molecule has 6 heterocycles. The molecule has 3 aromatic rings. The lowest BCUT2D eigenvalue weighted by molar-refractivity contribution is -0.141. The van der Waals surface area contributed by atoms with Crippen molar-refractivity contribution in [1.82, 2.24) is 24.7 Å². The monoisotopic (exact) mass is 445 g/mol. The average molecular weight is 445 g/mol. The molecule has 0 bridgehead atoms. The van der Waals surface area contributed by atoms with E-state index in [0.29, 0.717) is 56.6 Å². The van der Waals surface area contributed by atoms with E-state index in [9.17, 15) is 18.0 Å². The van der Waals surface area contributed by atoms with Crippen molar-refractivity contribution >= 4 is 28.6 Å². The van der Waals surface area contributed by atoms with E-state index in [1.165, 1.54) is 6.07 Å². The maximum Gasteiger partial charge on any atom is 0.433 e. The maximum absolute atomic E-state index is 13.3. The molecule has 3 aromatic heterocycles. The summed E-state index contributed by atoms with van der Waals surface area (Å²) in [4.78, 5) is 29.0. The van der Waals surface area contributed by atoms with Crippen LogP contribution < -0.4 is 9.80 Å². The van der Waals surface area contributed by atoms with Crippen LogP contribution in [-0.4, -0.2) is 63.5 Å². The molecule has 0 atom stereocenters. The highest BCUT2D eigenvalue weighted by molar-refractivity contribution is 6.01. The van der Waals surface area contributed by atoms with Gasteiger partial charge >= 0.3 is 6.18 Å². The minimum Gasteiger partial charge on any atom is -0.377 e. The van der Waals surface area contributed by atoms with Crippen molar-refractivity contribution in [3.63, 3.8) is 0 Å². The lowest BCUT2D eigenvalue weighted by Gasteiger charge is -2.47. The van der Waals surface area contributed by atoms with E-state index in [1.807, 2.05) is 0 Å². The first-order chi connectivity index (χ1) is 15.3. The number of ether oxygens (including phenoxy) is 1. The summed E-state index contributed by atoms with van der Waals surface area (Å²) in [6.45, 7) is 2.31. The number of pyridine rings is 1. The smallest absolute Gasteiger partial charge is 0.377 e. The van der Waals surface area contributed by atoms with E-state index in [0.717, 1.165) is 17.6 Å². The molecule has 0 saturated carbocycles. The van der Waals surface area contributed by atoms with Crippen LogP contribution in [0.3, 0.4) is 0 Å². The number of halogens is 3. The fourth-order valence-corrected chi connectivity index (χ4v) is 4.53. The molecule has 3 fully saturated rings. The lowest BCUT2D eigenvalue weighted by Crippen LogP contribution is -2.60. The predicted octanol–water partition coefficient (Wildman–Crippen LogP) is 2.05. The standard InChI is InChI=1S/C20H18F3N7O2/c21-20(22,23)15-5-13(1-3-24-15)28-10-19(11-28)2-4-29(17(19)31)18-25-6-12-7-26-30(16(12)27-18)14-8-32-9-14/h1,3,5-7,14H,2,4,8-11H2. The molecule has 166 valence electrons. The van der Waals surface area contributed by atoms with E-state index in [1.54, 1.807) is 26.9 Å². The molecular weight excluding hydrogens is 427 g/mol. The third-order valence-corrected chi connectivity index (χ3v) is 6.43. The second-order valence-electron chi connectivity index (χ2n) is 8.47. The third kappa shape index (κ3) is 2.85. The van der Waals surface area contributed by atoms with Crippen LogP contribution in [0.25, 0.3) is 11.0 Å². The van der Waals surface area contributed by atoms with Gasteiger partial charge in [0, 0.05) is 37.7 Å². The van der Waals surface area contributed by atoms with E-state index in [2.05, 4.69) is 20.1 Å². The van der Waals surface area contributed by atoms with Crippen molar-refractivity contribution in [2.24, 2.45) is 5.41 Å². The van der Waals surface area contributed by atoms with Crippen LogP contribution >= 0.6 is 0 Å². The highest BCUT2D eigenvalue weighted by atomic mass is 19.4. The summed E-state index contributed by atoms with van der Waals surface area (Å²) < 4.78 is 46.0. The summed E-state index contributed by atoms with van der Waals surface area (Å²) in [6, 6.07) is 2.67. The van der Waals surface area contributed by atoms with Crippen molar-refractivity contribution < 1.29 is 22.7 Å². The van der Waals surface area contributed by atoms with E-state index in [-0.39, 0.29) is 11.9 Å². The molecule has 3 aliphatic rings. The Kier molecular flexibility index (Phi) is 4.01. The molecule has 3 aliphatic heterocycles. The number of carbonyl (C=O) groups is 1. The van der Waals surface area contributed by atoms with Gasteiger partial charge in [-0.2, -0.15) is 23.3 Å². The second-order valence-corrected chi connectivity index (χ2v) is 8.47. The van der Waals surface area contributed by atoms with Crippen LogP contribution in [0.2, 0.25) is 0 Å². The lowest BCUT2D eigenvalue weighted by atomic mass is 9.78. The summed E-state index contributed by atoms with van der Waals surface area (Å²) in [5.74, 6) is 0.222. The SMILES string of the molecule is O=C1N(c2ncc3cnn(C4COC4)c3n2)CCC12CN(c1ccnc(C(F)(F)F)c1)C2. The van der Waals surface area contributed by atoms with Gasteiger partial charge in [-0.3, -0.25) is 14.7 Å². The molecule has 12 heteroatoms. The Morgan fingerprint density at radius 3 is 2.69 bits per heavy atom. The summed E-state index contributed by atoms with van der Waals surface area (Å²) in [5.41, 5.74) is -0.509. The van der Waals surface area contributed by atoms with Crippen LogP contribution in [0, 0.1) is 5.41 Å². The molecule has 0 aliphatic carbocycles. The Labute approximate surface area is 179 Å². The number of hydrogen-bond acceptors (Lipinski definition) is 7. The van der Waals surface area contributed by atoms with Gasteiger partial charge in [-0.15, -0.1) is 0 Å². The van der Waals surface area contributed by atoms with Crippen LogP contribution in [0.15, 0.2) is 30.7 Å². The number of anilines is 2. The zero-order valence-corrected chi connectivity index (χ0v) is 16.8. The molecule has 0 aromatic carbocycles. The van der Waals surface area contributed by atoms with E-state index < -0.39 is 17.3 Å². The van der Waals surface area contributed by atoms with Gasteiger partial charge in [0.05, 0.1) is 30.2 Å². The van der Waals surface area contributed by atoms with Crippen molar-refractivity contribution in [2.45, 2.75) is 18.6 Å². The average Bonchev–Trinajstić information content (AvgIpc) is 3.26. The first kappa shape index (κ1) is 19.4. The molecule has 0 unspecified atom stereocenters. The zero-order chi connectivity index (χ0) is 22.1. The van der Waals surface area contributed by atoms with Crippen LogP contribution in [0.4, 0.5) is 24.8 Å². The molecular formula is C20H18F3N7O2. The number of fused-ring (bicyclic) bond motifs is 1. The van der Waals surface area contributed by atoms with Gasteiger partial charge in [-0.1, -0.05) is 0 Å². The van der Waals surface area contributed by atoms with Gasteiger partial charge in [0.25, 0.3) is 0 Å². The molecule has 1 spiro atoms. The number of alkyl halides is 3. The minimum atomic E-state index is -4.51. The number of aromatic nitrogens is 5. The molecule has 32 heavy (non-hydrogen) atoms. The quantitative estimate of drug-likeness (QED) is 0.610. The van der Waals surface area contributed by atoms with Gasteiger partial charge in [0.2, 0.25) is 11.9 Å². The summed E-state index contributed by atoms with van der Waals surface area (Å²) in [5, 5.41) is 5.15. The maximum atomic E-state index is 13.3. The normalized spacial score (nSPS) is 20.8. The first-order valence-electron chi connectivity index (χ1n) is 10.2. The second kappa shape index (κ2) is 6.61. The fraction of sp³-hybridized carbons (Fsp3) is 0.450. The van der Waals surface area contributed by atoms with Crippen LogP contribution in [-0.2, 0) is 15.7 Å². The van der Waals surface area contributed by atoms with Gasteiger partial charge < -0.3 is 9.64 Å². The predicted molar refractivity (Wildman–Crippen MR) is 106 cm³/mol. The van der Waals surface area contributed by atoms with Crippen molar-refractivity contribution in [3.8, 4) is 0 Å². The van der Waals surface area contributed by atoms with Gasteiger partial charge in [0.15, 0.2) is 5.65 Å². The Hall–Kier alpha value is -3.28. The molecule has 3 saturated heterocycles. The molecule has 6 rings (SSSR count). The molecule has 0 radical (unpaired) electrons. The van der Waals surface area contributed by atoms with E-state index >= 15 is 0 Å². The van der Waals surface area contributed by atoms with Gasteiger partial charge in [-0.05, 0) is 18.6 Å². The Morgan fingerprint density at radius 1 is 1.16 bits per heavy atom. The van der Waals surface area contributed by atoms with Crippen molar-refractivity contribution in [3.05, 3.63) is 36.4 Å². The topological polar surface area (TPSA) is 89.3 Å². The number of nitrogens with zero attached hydrogens (tertiary/aromatic N) is 7. The summed E-state index contributed by atoms with van der Waals surface area (Å²) >= 11 is 0. The molecule has 0 N–H and O–H groups in total. The first-order valence-corrected chi connectivity index (χ1v) is 10.2. The summed E-state index contributed by atoms with van der Waals surface area (Å²) in [6.07, 6.45) is 0.578. The zero-order valence-electron chi connectivity index (χ0n) is 16.8. The number of carbonyl (C=O) groups excluding carboxylic acids is 1. The fourth-order valence-electron chi connectivity index (χ4n) is 4.53. The molecule has 9 nitrogen and oxygen atoms in total. The van der Waals surface area contributed by atoms with Crippen molar-refractivity contribution in [1.29, 1.82) is 0 Å². The number of hydrogen-bond donors (Lipinski definition) is 0. The van der Waals surface area contributed by atoms with Gasteiger partial charge in [0.1, 0.15) is 11.7 Å². The summed E-state index contributed by atoms with van der Waals surface area (Å²) in [7, 11) is 0. The highest BCUT2D eigenvalue weighted by Gasteiger charge is 2.55. The van der Waals surface area contributed by atoms with Crippen LogP contribution in [0.5, 0.6) is 0 Å².